The molecule has 0 N–H and O–H groups in total. The second-order valence-corrected chi connectivity index (χ2v) is 4.27. The van der Waals surface area contributed by atoms with E-state index in [9.17, 15) is 9.18 Å². The van der Waals surface area contributed by atoms with Gasteiger partial charge in [0.25, 0.3) is 0 Å². The molecule has 0 radical (unpaired) electrons. The van der Waals surface area contributed by atoms with Crippen molar-refractivity contribution in [1.29, 1.82) is 5.26 Å². The highest BCUT2D eigenvalue weighted by Gasteiger charge is 2.15. The molecule has 0 aliphatic heterocycles. The molecule has 0 heterocycles. The van der Waals surface area contributed by atoms with Crippen LogP contribution in [0.4, 0.5) is 4.39 Å². The second-order valence-electron chi connectivity index (χ2n) is 4.27. The summed E-state index contributed by atoms with van der Waals surface area (Å²) >= 11 is 0. The van der Waals surface area contributed by atoms with Gasteiger partial charge >= 0.3 is 0 Å². The largest absolute Gasteiger partial charge is 0.341 e. The average Bonchev–Trinajstić information content (AvgIpc) is 2.38. The van der Waals surface area contributed by atoms with Crippen LogP contribution in [0.25, 0.3) is 0 Å². The molecule has 1 unspecified atom stereocenters. The lowest BCUT2D eigenvalue weighted by Crippen LogP contribution is -2.35. The van der Waals surface area contributed by atoms with Gasteiger partial charge in [-0.3, -0.25) is 4.79 Å². The molecule has 0 aliphatic rings. The monoisotopic (exact) mass is 248 g/mol. The third-order valence-corrected chi connectivity index (χ3v) is 2.72. The Labute approximate surface area is 107 Å². The van der Waals surface area contributed by atoms with E-state index in [1.807, 2.05) is 6.92 Å². The van der Waals surface area contributed by atoms with Crippen LogP contribution in [-0.4, -0.2) is 23.9 Å². The zero-order chi connectivity index (χ0) is 13.5. The van der Waals surface area contributed by atoms with Crippen molar-refractivity contribution >= 4 is 5.91 Å². The Kier molecular flexibility index (Phi) is 5.31. The van der Waals surface area contributed by atoms with E-state index in [1.165, 1.54) is 12.1 Å². The topological polar surface area (TPSA) is 44.1 Å². The number of halogens is 1. The second kappa shape index (κ2) is 6.75. The van der Waals surface area contributed by atoms with Crippen molar-refractivity contribution in [2.24, 2.45) is 5.92 Å². The van der Waals surface area contributed by atoms with Crippen molar-refractivity contribution in [3.05, 3.63) is 35.6 Å². The molecule has 0 spiro atoms. The highest BCUT2D eigenvalue weighted by Crippen LogP contribution is 2.07. The van der Waals surface area contributed by atoms with Crippen LogP contribution in [0.15, 0.2) is 24.3 Å². The van der Waals surface area contributed by atoms with Gasteiger partial charge in [0.2, 0.25) is 5.91 Å². The molecule has 1 aromatic carbocycles. The molecule has 0 saturated carbocycles. The maximum absolute atomic E-state index is 12.7. The Balaban J connectivity index is 2.62. The molecule has 0 saturated heterocycles. The first-order valence-electron chi connectivity index (χ1n) is 5.98. The van der Waals surface area contributed by atoms with E-state index in [2.05, 4.69) is 6.07 Å². The van der Waals surface area contributed by atoms with Gasteiger partial charge < -0.3 is 4.90 Å². The van der Waals surface area contributed by atoms with Gasteiger partial charge in [-0.2, -0.15) is 5.26 Å². The summed E-state index contributed by atoms with van der Waals surface area (Å²) in [6, 6.07) is 8.01. The maximum atomic E-state index is 12.7. The van der Waals surface area contributed by atoms with Gasteiger partial charge in [0.1, 0.15) is 5.82 Å². The van der Waals surface area contributed by atoms with Gasteiger partial charge in [-0.15, -0.1) is 0 Å². The van der Waals surface area contributed by atoms with Crippen LogP contribution in [0.1, 0.15) is 19.4 Å². The summed E-state index contributed by atoms with van der Waals surface area (Å²) in [6.45, 7) is 4.68. The fourth-order valence-electron chi connectivity index (χ4n) is 1.67. The molecule has 1 amide bonds. The van der Waals surface area contributed by atoms with Gasteiger partial charge in [-0.25, -0.2) is 4.39 Å². The molecule has 0 aromatic heterocycles. The maximum Gasteiger partial charge on any atom is 0.227 e. The quantitative estimate of drug-likeness (QED) is 0.803. The molecule has 1 rings (SSSR count). The summed E-state index contributed by atoms with van der Waals surface area (Å²) in [5, 5.41) is 8.75. The highest BCUT2D eigenvalue weighted by molar-refractivity contribution is 5.78. The van der Waals surface area contributed by atoms with Crippen molar-refractivity contribution in [3.8, 4) is 6.07 Å². The van der Waals surface area contributed by atoms with Gasteiger partial charge in [-0.05, 0) is 31.5 Å². The molecule has 0 aliphatic carbocycles. The number of rotatable bonds is 5. The standard InChI is InChI=1S/C14H17FN2O/c1-3-17(10-11(2)9-16)14(18)8-12-4-6-13(15)7-5-12/h4-7,11H,3,8,10H2,1-2H3. The number of hydrogen-bond donors (Lipinski definition) is 0. The lowest BCUT2D eigenvalue weighted by Gasteiger charge is -2.22. The zero-order valence-corrected chi connectivity index (χ0v) is 10.7. The Hall–Kier alpha value is -1.89. The molecular formula is C14H17FN2O. The van der Waals surface area contributed by atoms with Crippen LogP contribution in [0.2, 0.25) is 0 Å². The molecule has 4 heteroatoms. The van der Waals surface area contributed by atoms with Gasteiger partial charge in [0, 0.05) is 13.1 Å². The van der Waals surface area contributed by atoms with E-state index in [0.29, 0.717) is 13.1 Å². The molecule has 0 fully saturated rings. The zero-order valence-electron chi connectivity index (χ0n) is 10.7. The van der Waals surface area contributed by atoms with Crippen molar-refractivity contribution in [2.75, 3.05) is 13.1 Å². The van der Waals surface area contributed by atoms with Crippen molar-refractivity contribution < 1.29 is 9.18 Å². The lowest BCUT2D eigenvalue weighted by molar-refractivity contribution is -0.130. The number of likely N-dealkylation sites (N-methyl/N-ethyl adjacent to an activating group) is 1. The van der Waals surface area contributed by atoms with E-state index in [-0.39, 0.29) is 24.1 Å². The highest BCUT2D eigenvalue weighted by atomic mass is 19.1. The number of nitrogens with zero attached hydrogens (tertiary/aromatic N) is 2. The van der Waals surface area contributed by atoms with Crippen LogP contribution in [0, 0.1) is 23.1 Å². The van der Waals surface area contributed by atoms with Crippen LogP contribution in [-0.2, 0) is 11.2 Å². The van der Waals surface area contributed by atoms with Crippen LogP contribution < -0.4 is 0 Å². The number of carbonyl (C=O) groups is 1. The number of nitriles is 1. The van der Waals surface area contributed by atoms with E-state index in [1.54, 1.807) is 24.0 Å². The van der Waals surface area contributed by atoms with Crippen molar-refractivity contribution in [2.45, 2.75) is 20.3 Å². The first-order chi connectivity index (χ1) is 8.56. The minimum Gasteiger partial charge on any atom is -0.341 e. The Morgan fingerprint density at radius 1 is 1.44 bits per heavy atom. The van der Waals surface area contributed by atoms with E-state index < -0.39 is 0 Å². The molecule has 0 bridgehead atoms. The van der Waals surface area contributed by atoms with E-state index in [4.69, 9.17) is 5.26 Å². The van der Waals surface area contributed by atoms with Crippen LogP contribution in [0.3, 0.4) is 0 Å². The summed E-state index contributed by atoms with van der Waals surface area (Å²) in [5.74, 6) is -0.523. The van der Waals surface area contributed by atoms with Crippen LogP contribution in [0.5, 0.6) is 0 Å². The molecular weight excluding hydrogens is 231 g/mol. The number of benzene rings is 1. The Morgan fingerprint density at radius 2 is 2.06 bits per heavy atom. The average molecular weight is 248 g/mol. The lowest BCUT2D eigenvalue weighted by atomic mass is 10.1. The van der Waals surface area contributed by atoms with Crippen LogP contribution >= 0.6 is 0 Å². The first-order valence-corrected chi connectivity index (χ1v) is 5.98. The number of amides is 1. The van der Waals surface area contributed by atoms with Gasteiger partial charge in [0.15, 0.2) is 0 Å². The van der Waals surface area contributed by atoms with E-state index in [0.717, 1.165) is 5.56 Å². The summed E-state index contributed by atoms with van der Waals surface area (Å²) in [5.41, 5.74) is 0.782. The third-order valence-electron chi connectivity index (χ3n) is 2.72. The van der Waals surface area contributed by atoms with Crippen molar-refractivity contribution in [1.82, 2.24) is 4.90 Å². The predicted octanol–water partition coefficient (Wildman–Crippen LogP) is 2.38. The molecule has 1 atom stereocenters. The Bertz CT molecular complexity index is 436. The normalized spacial score (nSPS) is 11.7. The molecule has 1 aromatic rings. The molecule has 96 valence electrons. The Morgan fingerprint density at radius 3 is 2.56 bits per heavy atom. The van der Waals surface area contributed by atoms with Gasteiger partial charge in [0.05, 0.1) is 18.4 Å². The minimum absolute atomic E-state index is 0.0359. The number of carbonyl (C=O) groups excluding carboxylic acids is 1. The third kappa shape index (κ3) is 4.17. The first kappa shape index (κ1) is 14.2. The minimum atomic E-state index is -0.309. The summed E-state index contributed by atoms with van der Waals surface area (Å²) in [6.07, 6.45) is 0.242. The summed E-state index contributed by atoms with van der Waals surface area (Å²) in [4.78, 5) is 13.7. The smallest absolute Gasteiger partial charge is 0.227 e. The van der Waals surface area contributed by atoms with Crippen molar-refractivity contribution in [3.63, 3.8) is 0 Å². The molecule has 18 heavy (non-hydrogen) atoms. The summed E-state index contributed by atoms with van der Waals surface area (Å²) in [7, 11) is 0. The fourth-order valence-corrected chi connectivity index (χ4v) is 1.67. The fraction of sp³-hybridized carbons (Fsp3) is 0.429. The predicted molar refractivity (Wildman–Crippen MR) is 67.1 cm³/mol. The summed E-state index contributed by atoms with van der Waals surface area (Å²) < 4.78 is 12.7. The number of hydrogen-bond acceptors (Lipinski definition) is 2. The van der Waals surface area contributed by atoms with E-state index >= 15 is 0 Å². The SMILES string of the molecule is CCN(CC(C)C#N)C(=O)Cc1ccc(F)cc1. The molecule has 3 nitrogen and oxygen atoms in total. The van der Waals surface area contributed by atoms with Gasteiger partial charge in [-0.1, -0.05) is 12.1 Å².